The first kappa shape index (κ1) is 17.0. The third-order valence-corrected chi connectivity index (χ3v) is 4.52. The monoisotopic (exact) mass is 353 g/mol. The molecule has 0 saturated heterocycles. The van der Waals surface area contributed by atoms with E-state index in [4.69, 9.17) is 5.84 Å². The molecule has 1 amide bonds. The van der Waals surface area contributed by atoms with E-state index in [1.807, 2.05) is 62.4 Å². The van der Waals surface area contributed by atoms with Gasteiger partial charge < -0.3 is 11.2 Å². The number of carbonyl (C=O) groups excluding carboxylic acids is 1. The Bertz CT molecular complexity index is 906. The van der Waals surface area contributed by atoms with E-state index in [1.165, 1.54) is 16.4 Å². The summed E-state index contributed by atoms with van der Waals surface area (Å²) in [7, 11) is 0. The van der Waals surface area contributed by atoms with Crippen molar-refractivity contribution in [3.63, 3.8) is 0 Å². The van der Waals surface area contributed by atoms with Gasteiger partial charge in [-0.25, -0.2) is 4.68 Å². The Morgan fingerprint density at radius 1 is 1.12 bits per heavy atom. The highest BCUT2D eigenvalue weighted by molar-refractivity contribution is 7.99. The normalized spacial score (nSPS) is 10.6. The first-order chi connectivity index (χ1) is 12.0. The molecule has 1 heterocycles. The van der Waals surface area contributed by atoms with Crippen LogP contribution in [-0.2, 0) is 4.79 Å². The minimum absolute atomic E-state index is 0.115. The molecule has 2 aromatic carbocycles. The molecule has 3 aromatic rings. The number of benzene rings is 2. The molecule has 0 aliphatic carbocycles. The molecule has 0 atom stereocenters. The maximum absolute atomic E-state index is 12.1. The predicted octanol–water partition coefficient (Wildman–Crippen LogP) is 3.01. The van der Waals surface area contributed by atoms with Crippen LogP contribution >= 0.6 is 11.8 Å². The molecule has 0 aliphatic heterocycles. The van der Waals surface area contributed by atoms with Crippen LogP contribution in [0.1, 0.15) is 11.1 Å². The third-order valence-electron chi connectivity index (χ3n) is 3.58. The van der Waals surface area contributed by atoms with Gasteiger partial charge in [0.05, 0.1) is 5.75 Å². The molecule has 0 saturated carbocycles. The topological polar surface area (TPSA) is 85.8 Å². The molecule has 0 radical (unpaired) electrons. The Morgan fingerprint density at radius 2 is 1.84 bits per heavy atom. The summed E-state index contributed by atoms with van der Waals surface area (Å²) in [5, 5.41) is 11.6. The predicted molar refractivity (Wildman–Crippen MR) is 101 cm³/mol. The second-order valence-electron chi connectivity index (χ2n) is 5.75. The zero-order valence-electron chi connectivity index (χ0n) is 14.1. The summed E-state index contributed by atoms with van der Waals surface area (Å²) < 4.78 is 1.42. The number of nitrogen functional groups attached to an aromatic ring is 1. The SMILES string of the molecule is Cc1cccc(NC(=O)CSc2nnc(-c3cccc(C)c3)n2N)c1. The summed E-state index contributed by atoms with van der Waals surface area (Å²) in [5.41, 5.74) is 3.88. The average Bonchev–Trinajstić information content (AvgIpc) is 2.94. The maximum Gasteiger partial charge on any atom is 0.234 e. The van der Waals surface area contributed by atoms with Gasteiger partial charge in [-0.2, -0.15) is 0 Å². The van der Waals surface area contributed by atoms with Crippen LogP contribution in [0, 0.1) is 13.8 Å². The van der Waals surface area contributed by atoms with Crippen LogP contribution in [0.25, 0.3) is 11.4 Å². The van der Waals surface area contributed by atoms with E-state index in [2.05, 4.69) is 15.5 Å². The van der Waals surface area contributed by atoms with E-state index in [1.54, 1.807) is 0 Å². The third kappa shape index (κ3) is 4.19. The number of aromatic nitrogens is 3. The van der Waals surface area contributed by atoms with Gasteiger partial charge in [0, 0.05) is 11.3 Å². The molecular formula is C18H19N5OS. The smallest absolute Gasteiger partial charge is 0.234 e. The Morgan fingerprint density at radius 3 is 2.56 bits per heavy atom. The van der Waals surface area contributed by atoms with Crippen LogP contribution in [0.15, 0.2) is 53.7 Å². The molecule has 128 valence electrons. The zero-order chi connectivity index (χ0) is 17.8. The highest BCUT2D eigenvalue weighted by Crippen LogP contribution is 2.22. The van der Waals surface area contributed by atoms with Crippen molar-refractivity contribution < 1.29 is 4.79 Å². The van der Waals surface area contributed by atoms with Gasteiger partial charge in [0.25, 0.3) is 0 Å². The van der Waals surface area contributed by atoms with Crippen LogP contribution in [0.4, 0.5) is 5.69 Å². The number of anilines is 1. The van der Waals surface area contributed by atoms with Gasteiger partial charge in [0.15, 0.2) is 5.82 Å². The Hall–Kier alpha value is -2.80. The number of nitrogens with two attached hydrogens (primary N) is 1. The summed E-state index contributed by atoms with van der Waals surface area (Å²) in [6.07, 6.45) is 0. The van der Waals surface area contributed by atoms with Crippen molar-refractivity contribution in [1.82, 2.24) is 14.9 Å². The summed E-state index contributed by atoms with van der Waals surface area (Å²) in [6.45, 7) is 3.99. The lowest BCUT2D eigenvalue weighted by Gasteiger charge is -2.06. The maximum atomic E-state index is 12.1. The number of nitrogens with zero attached hydrogens (tertiary/aromatic N) is 3. The number of carbonyl (C=O) groups is 1. The van der Waals surface area contributed by atoms with Crippen molar-refractivity contribution in [3.8, 4) is 11.4 Å². The lowest BCUT2D eigenvalue weighted by molar-refractivity contribution is -0.113. The summed E-state index contributed by atoms with van der Waals surface area (Å²) >= 11 is 1.25. The number of aryl methyl sites for hydroxylation is 2. The van der Waals surface area contributed by atoms with Crippen LogP contribution in [-0.4, -0.2) is 26.5 Å². The molecule has 7 heteroatoms. The quantitative estimate of drug-likeness (QED) is 0.544. The fourth-order valence-corrected chi connectivity index (χ4v) is 3.06. The van der Waals surface area contributed by atoms with Gasteiger partial charge in [-0.3, -0.25) is 4.79 Å². The first-order valence-corrected chi connectivity index (χ1v) is 8.78. The van der Waals surface area contributed by atoms with E-state index in [0.717, 1.165) is 22.4 Å². The highest BCUT2D eigenvalue weighted by atomic mass is 32.2. The molecule has 3 rings (SSSR count). The number of rotatable bonds is 5. The molecule has 0 unspecified atom stereocenters. The molecular weight excluding hydrogens is 334 g/mol. The van der Waals surface area contributed by atoms with Gasteiger partial charge in [-0.15, -0.1) is 10.2 Å². The Kier molecular flexibility index (Phi) is 5.04. The largest absolute Gasteiger partial charge is 0.335 e. The minimum Gasteiger partial charge on any atom is -0.335 e. The molecule has 0 spiro atoms. The molecule has 6 nitrogen and oxygen atoms in total. The van der Waals surface area contributed by atoms with E-state index in [0.29, 0.717) is 11.0 Å². The highest BCUT2D eigenvalue weighted by Gasteiger charge is 2.14. The van der Waals surface area contributed by atoms with Crippen molar-refractivity contribution in [2.75, 3.05) is 16.9 Å². The molecule has 0 bridgehead atoms. The lowest BCUT2D eigenvalue weighted by atomic mass is 10.1. The number of thioether (sulfide) groups is 1. The number of nitrogens with one attached hydrogen (secondary N) is 1. The standard InChI is InChI=1S/C18H19N5OS/c1-12-5-3-7-14(9-12)17-21-22-18(23(17)19)25-11-16(24)20-15-8-4-6-13(2)10-15/h3-10H,11,19H2,1-2H3,(H,20,24). The molecule has 25 heavy (non-hydrogen) atoms. The second-order valence-corrected chi connectivity index (χ2v) is 6.69. The van der Waals surface area contributed by atoms with E-state index in [9.17, 15) is 4.79 Å². The Labute approximate surface area is 150 Å². The Balaban J connectivity index is 1.65. The van der Waals surface area contributed by atoms with Crippen LogP contribution in [0.3, 0.4) is 0 Å². The molecule has 0 aliphatic rings. The average molecular weight is 353 g/mol. The van der Waals surface area contributed by atoms with Crippen molar-refractivity contribution in [2.45, 2.75) is 19.0 Å². The summed E-state index contributed by atoms with van der Waals surface area (Å²) in [6, 6.07) is 15.5. The second kappa shape index (κ2) is 7.40. The fourth-order valence-electron chi connectivity index (χ4n) is 2.41. The number of hydrogen-bond donors (Lipinski definition) is 2. The van der Waals surface area contributed by atoms with Gasteiger partial charge in [-0.05, 0) is 37.6 Å². The number of hydrogen-bond acceptors (Lipinski definition) is 5. The van der Waals surface area contributed by atoms with E-state index < -0.39 is 0 Å². The van der Waals surface area contributed by atoms with Crippen molar-refractivity contribution in [1.29, 1.82) is 0 Å². The van der Waals surface area contributed by atoms with E-state index in [-0.39, 0.29) is 11.7 Å². The van der Waals surface area contributed by atoms with Crippen molar-refractivity contribution in [3.05, 3.63) is 59.7 Å². The summed E-state index contributed by atoms with van der Waals surface area (Å²) in [5.74, 6) is 6.75. The minimum atomic E-state index is -0.115. The van der Waals surface area contributed by atoms with Gasteiger partial charge in [0.1, 0.15) is 0 Å². The summed E-state index contributed by atoms with van der Waals surface area (Å²) in [4.78, 5) is 12.1. The van der Waals surface area contributed by atoms with Crippen LogP contribution in [0.2, 0.25) is 0 Å². The molecule has 1 aromatic heterocycles. The number of amides is 1. The van der Waals surface area contributed by atoms with Crippen molar-refractivity contribution >= 4 is 23.4 Å². The van der Waals surface area contributed by atoms with Gasteiger partial charge in [0.2, 0.25) is 11.1 Å². The molecule has 3 N–H and O–H groups in total. The zero-order valence-corrected chi connectivity index (χ0v) is 14.9. The molecule has 0 fully saturated rings. The first-order valence-electron chi connectivity index (χ1n) is 7.80. The van der Waals surface area contributed by atoms with Gasteiger partial charge >= 0.3 is 0 Å². The van der Waals surface area contributed by atoms with Crippen LogP contribution < -0.4 is 11.2 Å². The fraction of sp³-hybridized carbons (Fsp3) is 0.167. The lowest BCUT2D eigenvalue weighted by Crippen LogP contribution is -2.16. The van der Waals surface area contributed by atoms with E-state index >= 15 is 0 Å². The van der Waals surface area contributed by atoms with Crippen molar-refractivity contribution in [2.24, 2.45) is 0 Å². The van der Waals surface area contributed by atoms with Gasteiger partial charge in [-0.1, -0.05) is 47.7 Å². The van der Waals surface area contributed by atoms with Crippen LogP contribution in [0.5, 0.6) is 0 Å².